The summed E-state index contributed by atoms with van der Waals surface area (Å²) in [6.07, 6.45) is 16.1. The van der Waals surface area contributed by atoms with E-state index in [2.05, 4.69) is 55.1 Å². The number of esters is 1. The van der Waals surface area contributed by atoms with E-state index in [-0.39, 0.29) is 24.2 Å². The van der Waals surface area contributed by atoms with Crippen LogP contribution in [0.15, 0.2) is 37.0 Å². The number of hydrogen-bond acceptors (Lipinski definition) is 6. The standard InChI is InChI=1S/C30H53N3O2S/c1-7-11-12-14-18-31-30(6,10-4)33(25-32-19-15-13-16-20-32)21-17-27(24-26(5)8-2)28(9-3)29(34)35-22-23-36/h7,9-10,23,26-27,31H,1,4,8,11-22,24-25H2,2-3,5-6H3. The zero-order chi connectivity index (χ0) is 26.8. The van der Waals surface area contributed by atoms with E-state index in [1.54, 1.807) is 0 Å². The quantitative estimate of drug-likeness (QED) is 0.0494. The second kappa shape index (κ2) is 18.8. The molecular weight excluding hydrogens is 466 g/mol. The third kappa shape index (κ3) is 11.8. The predicted octanol–water partition coefficient (Wildman–Crippen LogP) is 6.51. The molecule has 0 saturated carbocycles. The summed E-state index contributed by atoms with van der Waals surface area (Å²) in [6, 6.07) is 0. The Morgan fingerprint density at radius 2 is 1.97 bits per heavy atom. The van der Waals surface area contributed by atoms with Crippen LogP contribution in [0.3, 0.4) is 0 Å². The van der Waals surface area contributed by atoms with Gasteiger partial charge < -0.3 is 4.74 Å². The first-order valence-electron chi connectivity index (χ1n) is 14.1. The number of nitrogens with zero attached hydrogens (tertiary/aromatic N) is 2. The molecule has 1 fully saturated rings. The van der Waals surface area contributed by atoms with E-state index >= 15 is 0 Å². The van der Waals surface area contributed by atoms with Gasteiger partial charge in [-0.2, -0.15) is 0 Å². The van der Waals surface area contributed by atoms with Crippen molar-refractivity contribution in [3.63, 3.8) is 0 Å². The predicted molar refractivity (Wildman–Crippen MR) is 158 cm³/mol. The fraction of sp³-hybridized carbons (Fsp3) is 0.733. The van der Waals surface area contributed by atoms with Crippen molar-refractivity contribution in [3.05, 3.63) is 37.0 Å². The van der Waals surface area contributed by atoms with Crippen LogP contribution in [0.2, 0.25) is 0 Å². The number of thiocarbonyl (C=S) groups is 1. The fourth-order valence-corrected chi connectivity index (χ4v) is 5.01. The van der Waals surface area contributed by atoms with Crippen LogP contribution in [0, 0.1) is 11.8 Å². The summed E-state index contributed by atoms with van der Waals surface area (Å²) in [5.74, 6) is 0.446. The molecule has 1 saturated heterocycles. The van der Waals surface area contributed by atoms with E-state index in [0.717, 1.165) is 76.9 Å². The third-order valence-corrected chi connectivity index (χ3v) is 7.73. The highest BCUT2D eigenvalue weighted by atomic mass is 32.1. The number of likely N-dealkylation sites (tertiary alicyclic amines) is 1. The van der Waals surface area contributed by atoms with Gasteiger partial charge in [-0.15, -0.1) is 6.58 Å². The summed E-state index contributed by atoms with van der Waals surface area (Å²) >= 11 is 4.87. The second-order valence-corrected chi connectivity index (χ2v) is 10.7. The minimum atomic E-state index is -0.319. The summed E-state index contributed by atoms with van der Waals surface area (Å²) < 4.78 is 5.42. The Morgan fingerprint density at radius 1 is 1.25 bits per heavy atom. The third-order valence-electron chi connectivity index (χ3n) is 7.59. The molecule has 1 aliphatic rings. The summed E-state index contributed by atoms with van der Waals surface area (Å²) in [6.45, 7) is 21.9. The number of ether oxygens (including phenoxy) is 1. The van der Waals surface area contributed by atoms with Gasteiger partial charge in [0.05, 0.1) is 12.3 Å². The van der Waals surface area contributed by atoms with E-state index < -0.39 is 0 Å². The van der Waals surface area contributed by atoms with Gasteiger partial charge >= 0.3 is 5.97 Å². The van der Waals surface area contributed by atoms with Crippen LogP contribution in [0.25, 0.3) is 0 Å². The summed E-state index contributed by atoms with van der Waals surface area (Å²) in [7, 11) is 0. The first-order chi connectivity index (χ1) is 17.3. The molecule has 3 unspecified atom stereocenters. The van der Waals surface area contributed by atoms with Crippen molar-refractivity contribution in [2.24, 2.45) is 11.8 Å². The summed E-state index contributed by atoms with van der Waals surface area (Å²) in [5.41, 5.74) is 0.461. The molecule has 0 aliphatic carbocycles. The highest BCUT2D eigenvalue weighted by Crippen LogP contribution is 2.28. The van der Waals surface area contributed by atoms with E-state index in [4.69, 9.17) is 17.0 Å². The topological polar surface area (TPSA) is 44.8 Å². The highest BCUT2D eigenvalue weighted by Gasteiger charge is 2.32. The molecule has 1 aliphatic heterocycles. The molecule has 5 nitrogen and oxygen atoms in total. The minimum Gasteiger partial charge on any atom is -0.457 e. The molecule has 0 bridgehead atoms. The first-order valence-corrected chi connectivity index (χ1v) is 14.6. The molecular formula is C30H53N3O2S. The second-order valence-electron chi connectivity index (χ2n) is 10.4. The Morgan fingerprint density at radius 3 is 2.56 bits per heavy atom. The number of carbonyl (C=O) groups is 1. The van der Waals surface area contributed by atoms with E-state index in [1.807, 2.05) is 19.1 Å². The number of hydrogen-bond donors (Lipinski definition) is 1. The Hall–Kier alpha value is -1.34. The molecule has 36 heavy (non-hydrogen) atoms. The van der Waals surface area contributed by atoms with Crippen LogP contribution in [0.1, 0.15) is 85.5 Å². The van der Waals surface area contributed by atoms with Crippen LogP contribution in [-0.2, 0) is 9.53 Å². The van der Waals surface area contributed by atoms with Gasteiger partial charge in [-0.25, -0.2) is 4.79 Å². The average Bonchev–Trinajstić information content (AvgIpc) is 2.90. The van der Waals surface area contributed by atoms with Crippen molar-refractivity contribution in [1.29, 1.82) is 0 Å². The van der Waals surface area contributed by atoms with Crippen molar-refractivity contribution < 1.29 is 9.53 Å². The Kier molecular flexibility index (Phi) is 17.1. The van der Waals surface area contributed by atoms with Gasteiger partial charge in [0, 0.05) is 17.5 Å². The summed E-state index contributed by atoms with van der Waals surface area (Å²) in [4.78, 5) is 18.0. The molecule has 0 aromatic heterocycles. The molecule has 3 atom stereocenters. The van der Waals surface area contributed by atoms with Crippen molar-refractivity contribution in [2.75, 3.05) is 39.5 Å². The molecule has 0 amide bonds. The van der Waals surface area contributed by atoms with Crippen molar-refractivity contribution in [1.82, 2.24) is 15.1 Å². The maximum absolute atomic E-state index is 12.9. The van der Waals surface area contributed by atoms with Crippen molar-refractivity contribution >= 4 is 23.6 Å². The number of nitrogens with one attached hydrogen (secondary N) is 1. The van der Waals surface area contributed by atoms with Crippen LogP contribution in [0.5, 0.6) is 0 Å². The van der Waals surface area contributed by atoms with Crippen LogP contribution in [-0.4, -0.2) is 66.3 Å². The number of rotatable bonds is 20. The van der Waals surface area contributed by atoms with Gasteiger partial charge in [0.15, 0.2) is 0 Å². The average molecular weight is 520 g/mol. The fourth-order valence-electron chi connectivity index (χ4n) is 4.94. The maximum atomic E-state index is 12.9. The van der Waals surface area contributed by atoms with E-state index in [1.165, 1.54) is 24.6 Å². The summed E-state index contributed by atoms with van der Waals surface area (Å²) in [5, 5.41) is 5.25. The van der Waals surface area contributed by atoms with Gasteiger partial charge in [-0.1, -0.05) is 63.7 Å². The van der Waals surface area contributed by atoms with E-state index in [0.29, 0.717) is 5.92 Å². The molecule has 0 spiro atoms. The van der Waals surface area contributed by atoms with Gasteiger partial charge in [-0.05, 0) is 90.3 Å². The molecule has 206 valence electrons. The minimum absolute atomic E-state index is 0.146. The van der Waals surface area contributed by atoms with Crippen LogP contribution in [0.4, 0.5) is 0 Å². The van der Waals surface area contributed by atoms with Gasteiger partial charge in [0.25, 0.3) is 0 Å². The Bertz CT molecular complexity index is 690. The zero-order valence-corrected chi connectivity index (χ0v) is 24.4. The zero-order valence-electron chi connectivity index (χ0n) is 23.6. The molecule has 1 heterocycles. The maximum Gasteiger partial charge on any atom is 0.334 e. The monoisotopic (exact) mass is 519 g/mol. The molecule has 6 heteroatoms. The molecule has 0 radical (unpaired) electrons. The van der Waals surface area contributed by atoms with Crippen LogP contribution >= 0.6 is 12.2 Å². The number of piperidine rings is 1. The lowest BCUT2D eigenvalue weighted by Crippen LogP contribution is -2.59. The number of carbonyl (C=O) groups excluding carboxylic acids is 1. The normalized spacial score (nSPS) is 18.3. The lowest BCUT2D eigenvalue weighted by Gasteiger charge is -2.44. The Labute approximate surface area is 227 Å². The van der Waals surface area contributed by atoms with Gasteiger partial charge in [0.2, 0.25) is 0 Å². The van der Waals surface area contributed by atoms with E-state index in [9.17, 15) is 4.79 Å². The largest absolute Gasteiger partial charge is 0.457 e. The van der Waals surface area contributed by atoms with Gasteiger partial charge in [0.1, 0.15) is 6.61 Å². The molecule has 0 aromatic carbocycles. The lowest BCUT2D eigenvalue weighted by atomic mass is 9.85. The Balaban J connectivity index is 3.07. The highest BCUT2D eigenvalue weighted by molar-refractivity contribution is 7.79. The smallest absolute Gasteiger partial charge is 0.334 e. The van der Waals surface area contributed by atoms with Crippen molar-refractivity contribution in [2.45, 2.75) is 91.1 Å². The molecule has 1 N–H and O–H groups in total. The van der Waals surface area contributed by atoms with Gasteiger partial charge in [-0.3, -0.25) is 15.1 Å². The SMILES string of the molecule is C=CCCCCNC(C)(C=C)N(CCC(CC(C)CC)C(=CC)C(=O)OCC=S)CN1CCCCC1. The number of unbranched alkanes of at least 4 members (excludes halogenated alkanes) is 2. The lowest BCUT2D eigenvalue weighted by molar-refractivity contribution is -0.138. The van der Waals surface area contributed by atoms with Crippen LogP contribution < -0.4 is 5.32 Å². The number of allylic oxidation sites excluding steroid dienone is 2. The van der Waals surface area contributed by atoms with Crippen molar-refractivity contribution in [3.8, 4) is 0 Å². The molecule has 0 aromatic rings. The molecule has 1 rings (SSSR count). The first kappa shape index (κ1) is 32.7.